The van der Waals surface area contributed by atoms with Crippen LogP contribution in [0, 0.1) is 23.0 Å². The van der Waals surface area contributed by atoms with E-state index in [2.05, 4.69) is 5.32 Å². The fourth-order valence-corrected chi connectivity index (χ4v) is 3.85. The van der Waals surface area contributed by atoms with Crippen LogP contribution in [-0.2, 0) is 21.9 Å². The van der Waals surface area contributed by atoms with Crippen LogP contribution in [0.5, 0.6) is 0 Å². The smallest absolute Gasteiger partial charge is 0.269 e. The largest absolute Gasteiger partial charge is 0.354 e. The Morgan fingerprint density at radius 2 is 1.62 bits per heavy atom. The Morgan fingerprint density at radius 3 is 2.19 bits per heavy atom. The minimum absolute atomic E-state index is 0.0420. The average molecular weight is 458 g/mol. The molecule has 0 aliphatic rings. The topological polar surface area (TPSA) is 92.6 Å². The molecule has 1 N–H and O–H groups in total. The first kappa shape index (κ1) is 25.4. The predicted octanol–water partition coefficient (Wildman–Crippen LogP) is 4.33. The number of carbonyl (C=O) groups is 2. The van der Waals surface area contributed by atoms with Crippen LogP contribution in [-0.4, -0.2) is 40.0 Å². The van der Waals surface area contributed by atoms with E-state index in [1.807, 2.05) is 45.0 Å². The van der Waals surface area contributed by atoms with Crippen molar-refractivity contribution in [2.45, 2.75) is 46.0 Å². The standard InChI is InChI=1S/C24H31N3O4S/c1-17(2)13-25-24(29)19(4)26(14-20-7-5-18(3)6-8-20)23(28)16-32-15-21-9-11-22(12-10-21)27(30)31/h5-12,17,19H,13-16H2,1-4H3,(H,25,29)/t19-/m0/s1. The normalized spacial score (nSPS) is 11.8. The second kappa shape index (κ2) is 12.2. The van der Waals surface area contributed by atoms with Gasteiger partial charge in [-0.1, -0.05) is 55.8 Å². The van der Waals surface area contributed by atoms with Gasteiger partial charge in [-0.25, -0.2) is 0 Å². The van der Waals surface area contributed by atoms with E-state index in [9.17, 15) is 19.7 Å². The van der Waals surface area contributed by atoms with Gasteiger partial charge in [0.2, 0.25) is 11.8 Å². The quantitative estimate of drug-likeness (QED) is 0.401. The minimum atomic E-state index is -0.595. The van der Waals surface area contributed by atoms with E-state index < -0.39 is 11.0 Å². The van der Waals surface area contributed by atoms with Crippen LogP contribution in [0.25, 0.3) is 0 Å². The third-order valence-electron chi connectivity index (χ3n) is 4.97. The number of non-ortho nitro benzene ring substituents is 1. The number of benzene rings is 2. The van der Waals surface area contributed by atoms with E-state index in [0.29, 0.717) is 24.8 Å². The number of rotatable bonds is 11. The van der Waals surface area contributed by atoms with Crippen molar-refractivity contribution in [1.29, 1.82) is 0 Å². The predicted molar refractivity (Wildman–Crippen MR) is 128 cm³/mol. The monoisotopic (exact) mass is 457 g/mol. The number of nitro groups is 1. The van der Waals surface area contributed by atoms with E-state index >= 15 is 0 Å². The number of aryl methyl sites for hydroxylation is 1. The molecule has 0 bridgehead atoms. The lowest BCUT2D eigenvalue weighted by atomic mass is 10.1. The maximum atomic E-state index is 13.1. The number of carbonyl (C=O) groups excluding carboxylic acids is 2. The van der Waals surface area contributed by atoms with Gasteiger partial charge in [0.05, 0.1) is 10.7 Å². The summed E-state index contributed by atoms with van der Waals surface area (Å²) < 4.78 is 0. The Bertz CT molecular complexity index is 914. The number of hydrogen-bond donors (Lipinski definition) is 1. The Hall–Kier alpha value is -2.87. The summed E-state index contributed by atoms with van der Waals surface area (Å²) in [4.78, 5) is 37.7. The number of nitrogens with one attached hydrogen (secondary N) is 1. The van der Waals surface area contributed by atoms with Crippen LogP contribution in [0.1, 0.15) is 37.5 Å². The number of nitro benzene ring substituents is 1. The molecule has 0 fully saturated rings. The molecule has 2 aromatic rings. The second-order valence-electron chi connectivity index (χ2n) is 8.24. The highest BCUT2D eigenvalue weighted by molar-refractivity contribution is 7.99. The molecule has 0 aliphatic heterocycles. The van der Waals surface area contributed by atoms with Gasteiger partial charge in [-0.2, -0.15) is 0 Å². The Morgan fingerprint density at radius 1 is 1.03 bits per heavy atom. The van der Waals surface area contributed by atoms with Crippen molar-refractivity contribution in [2.24, 2.45) is 5.92 Å². The van der Waals surface area contributed by atoms with Gasteiger partial charge in [-0.05, 0) is 30.9 Å². The molecule has 0 unspecified atom stereocenters. The molecule has 2 rings (SSSR count). The summed E-state index contributed by atoms with van der Waals surface area (Å²) in [5.74, 6) is 0.801. The zero-order valence-corrected chi connectivity index (χ0v) is 19.9. The van der Waals surface area contributed by atoms with Crippen molar-refractivity contribution in [1.82, 2.24) is 10.2 Å². The molecular weight excluding hydrogens is 426 g/mol. The molecule has 0 heterocycles. The molecule has 1 atom stereocenters. The van der Waals surface area contributed by atoms with E-state index in [-0.39, 0.29) is 23.3 Å². The molecule has 0 aliphatic carbocycles. The maximum Gasteiger partial charge on any atom is 0.269 e. The van der Waals surface area contributed by atoms with Gasteiger partial charge in [0, 0.05) is 31.0 Å². The Balaban J connectivity index is 2.03. The highest BCUT2D eigenvalue weighted by Gasteiger charge is 2.26. The molecule has 2 amide bonds. The molecule has 32 heavy (non-hydrogen) atoms. The van der Waals surface area contributed by atoms with Crippen molar-refractivity contribution in [3.8, 4) is 0 Å². The van der Waals surface area contributed by atoms with Crippen LogP contribution in [0.3, 0.4) is 0 Å². The van der Waals surface area contributed by atoms with E-state index in [1.54, 1.807) is 24.0 Å². The zero-order valence-electron chi connectivity index (χ0n) is 19.0. The molecule has 0 saturated carbocycles. The van der Waals surface area contributed by atoms with Crippen molar-refractivity contribution < 1.29 is 14.5 Å². The highest BCUT2D eigenvalue weighted by atomic mass is 32.2. The summed E-state index contributed by atoms with van der Waals surface area (Å²) in [5.41, 5.74) is 3.04. The van der Waals surface area contributed by atoms with Crippen LogP contribution in [0.4, 0.5) is 5.69 Å². The van der Waals surface area contributed by atoms with E-state index in [1.165, 1.54) is 23.9 Å². The van der Waals surface area contributed by atoms with Gasteiger partial charge in [0.15, 0.2) is 0 Å². The van der Waals surface area contributed by atoms with Gasteiger partial charge in [0.1, 0.15) is 6.04 Å². The number of amides is 2. The molecule has 2 aromatic carbocycles. The lowest BCUT2D eigenvalue weighted by molar-refractivity contribution is -0.384. The van der Waals surface area contributed by atoms with Crippen molar-refractivity contribution in [3.05, 3.63) is 75.3 Å². The lowest BCUT2D eigenvalue weighted by Crippen LogP contribution is -2.48. The first-order valence-corrected chi connectivity index (χ1v) is 11.8. The first-order valence-electron chi connectivity index (χ1n) is 10.6. The second-order valence-corrected chi connectivity index (χ2v) is 9.22. The SMILES string of the molecule is Cc1ccc(CN(C(=O)CSCc2ccc([N+](=O)[O-])cc2)[C@@H](C)C(=O)NCC(C)C)cc1. The number of thioether (sulfide) groups is 1. The summed E-state index contributed by atoms with van der Waals surface area (Å²) in [6, 6.07) is 13.6. The van der Waals surface area contributed by atoms with Crippen LogP contribution >= 0.6 is 11.8 Å². The maximum absolute atomic E-state index is 13.1. The summed E-state index contributed by atoms with van der Waals surface area (Å²) in [6.07, 6.45) is 0. The van der Waals surface area contributed by atoms with Crippen molar-refractivity contribution >= 4 is 29.3 Å². The number of nitrogens with zero attached hydrogens (tertiary/aromatic N) is 2. The molecule has 8 heteroatoms. The Kier molecular flexibility index (Phi) is 9.71. The van der Waals surface area contributed by atoms with Crippen molar-refractivity contribution in [3.63, 3.8) is 0 Å². The summed E-state index contributed by atoms with van der Waals surface area (Å²) in [7, 11) is 0. The van der Waals surface area contributed by atoms with E-state index in [4.69, 9.17) is 0 Å². The third kappa shape index (κ3) is 8.00. The minimum Gasteiger partial charge on any atom is -0.354 e. The molecule has 0 saturated heterocycles. The highest BCUT2D eigenvalue weighted by Crippen LogP contribution is 2.19. The average Bonchev–Trinajstić information content (AvgIpc) is 2.76. The lowest BCUT2D eigenvalue weighted by Gasteiger charge is -2.29. The van der Waals surface area contributed by atoms with Gasteiger partial charge in [-0.15, -0.1) is 11.8 Å². The molecule has 0 aromatic heterocycles. The molecule has 0 spiro atoms. The molecule has 172 valence electrons. The van der Waals surface area contributed by atoms with Crippen LogP contribution in [0.2, 0.25) is 0 Å². The fourth-order valence-electron chi connectivity index (χ4n) is 2.98. The number of hydrogen-bond acceptors (Lipinski definition) is 5. The molecule has 0 radical (unpaired) electrons. The third-order valence-corrected chi connectivity index (χ3v) is 5.96. The van der Waals surface area contributed by atoms with Gasteiger partial charge in [-0.3, -0.25) is 19.7 Å². The van der Waals surface area contributed by atoms with Crippen LogP contribution in [0.15, 0.2) is 48.5 Å². The summed E-state index contributed by atoms with van der Waals surface area (Å²) in [5, 5.41) is 13.7. The van der Waals surface area contributed by atoms with Gasteiger partial charge in [0.25, 0.3) is 5.69 Å². The molecular formula is C24H31N3O4S. The van der Waals surface area contributed by atoms with Crippen LogP contribution < -0.4 is 5.32 Å². The molecule has 7 nitrogen and oxygen atoms in total. The van der Waals surface area contributed by atoms with Gasteiger partial charge < -0.3 is 10.2 Å². The fraction of sp³-hybridized carbons (Fsp3) is 0.417. The van der Waals surface area contributed by atoms with Gasteiger partial charge >= 0.3 is 0 Å². The Labute approximate surface area is 193 Å². The van der Waals surface area contributed by atoms with E-state index in [0.717, 1.165) is 16.7 Å². The summed E-state index contributed by atoms with van der Waals surface area (Å²) >= 11 is 1.42. The summed E-state index contributed by atoms with van der Waals surface area (Å²) in [6.45, 7) is 8.72. The van der Waals surface area contributed by atoms with Crippen molar-refractivity contribution in [2.75, 3.05) is 12.3 Å². The first-order chi connectivity index (χ1) is 15.2. The zero-order chi connectivity index (χ0) is 23.7.